The summed E-state index contributed by atoms with van der Waals surface area (Å²) in [6.07, 6.45) is 5.39. The first kappa shape index (κ1) is 11.8. The summed E-state index contributed by atoms with van der Waals surface area (Å²) in [6.45, 7) is 4.69. The molecule has 2 aliphatic rings. The topological polar surface area (TPSA) is 41.3 Å². The van der Waals surface area contributed by atoms with Gasteiger partial charge in [0.25, 0.3) is 0 Å². The smallest absolute Gasteiger partial charge is 0.0429 e. The molecule has 2 fully saturated rings. The van der Waals surface area contributed by atoms with Crippen LogP contribution in [0.3, 0.4) is 0 Å². The van der Waals surface area contributed by atoms with E-state index in [0.29, 0.717) is 6.04 Å². The van der Waals surface area contributed by atoms with E-state index in [2.05, 4.69) is 29.3 Å². The molecule has 3 N–H and O–H groups in total. The predicted octanol–water partition coefficient (Wildman–Crippen LogP) is 2.62. The molecule has 3 nitrogen and oxygen atoms in total. The first-order valence-corrected chi connectivity index (χ1v) is 7.11. The van der Waals surface area contributed by atoms with E-state index >= 15 is 0 Å². The molecular weight excluding hydrogens is 222 g/mol. The fourth-order valence-electron chi connectivity index (χ4n) is 3.46. The maximum absolute atomic E-state index is 5.81. The number of nitrogen functional groups attached to an aromatic ring is 1. The van der Waals surface area contributed by atoms with Crippen molar-refractivity contribution in [3.63, 3.8) is 0 Å². The average molecular weight is 245 g/mol. The number of hydrogen-bond donors (Lipinski definition) is 2. The second-order valence-corrected chi connectivity index (χ2v) is 5.71. The molecule has 0 aliphatic carbocycles. The van der Waals surface area contributed by atoms with Crippen LogP contribution in [0.2, 0.25) is 0 Å². The molecule has 0 aromatic heterocycles. The molecule has 98 valence electrons. The molecule has 1 aromatic rings. The Bertz CT molecular complexity index is 430. The van der Waals surface area contributed by atoms with Crippen LogP contribution in [0.1, 0.15) is 31.2 Å². The highest BCUT2D eigenvalue weighted by Gasteiger charge is 2.35. The van der Waals surface area contributed by atoms with Crippen LogP contribution in [0.4, 0.5) is 11.4 Å². The maximum atomic E-state index is 5.81. The predicted molar refractivity (Wildman–Crippen MR) is 76.8 cm³/mol. The molecule has 2 heterocycles. The summed E-state index contributed by atoms with van der Waals surface area (Å²) >= 11 is 0. The van der Waals surface area contributed by atoms with Crippen molar-refractivity contribution in [1.29, 1.82) is 0 Å². The number of anilines is 2. The van der Waals surface area contributed by atoms with Gasteiger partial charge in [-0.05, 0) is 56.5 Å². The number of fused-ring (bicyclic) bond motifs is 1. The summed E-state index contributed by atoms with van der Waals surface area (Å²) in [5, 5.41) is 3.74. The first-order valence-electron chi connectivity index (χ1n) is 7.11. The average Bonchev–Trinajstić information content (AvgIpc) is 2.76. The van der Waals surface area contributed by atoms with Crippen LogP contribution in [-0.4, -0.2) is 30.1 Å². The summed E-state index contributed by atoms with van der Waals surface area (Å²) in [5.41, 5.74) is 9.16. The van der Waals surface area contributed by atoms with Crippen LogP contribution in [0, 0.1) is 6.92 Å². The van der Waals surface area contributed by atoms with E-state index in [4.69, 9.17) is 5.73 Å². The summed E-state index contributed by atoms with van der Waals surface area (Å²) in [5.74, 6) is 0. The summed E-state index contributed by atoms with van der Waals surface area (Å²) in [4.78, 5) is 2.66. The number of benzene rings is 1. The Morgan fingerprint density at radius 2 is 2.11 bits per heavy atom. The van der Waals surface area contributed by atoms with Crippen molar-refractivity contribution in [2.75, 3.05) is 24.1 Å². The highest BCUT2D eigenvalue weighted by atomic mass is 15.2. The quantitative estimate of drug-likeness (QED) is 0.787. The van der Waals surface area contributed by atoms with Gasteiger partial charge in [-0.1, -0.05) is 6.42 Å². The minimum absolute atomic E-state index is 0.618. The third kappa shape index (κ3) is 2.19. The molecule has 3 rings (SSSR count). The van der Waals surface area contributed by atoms with E-state index in [-0.39, 0.29) is 0 Å². The van der Waals surface area contributed by atoms with Gasteiger partial charge in [0.2, 0.25) is 0 Å². The highest BCUT2D eigenvalue weighted by Crippen LogP contribution is 2.30. The molecule has 1 aromatic carbocycles. The zero-order valence-corrected chi connectivity index (χ0v) is 11.2. The van der Waals surface area contributed by atoms with Crippen molar-refractivity contribution < 1.29 is 0 Å². The Morgan fingerprint density at radius 1 is 1.22 bits per heavy atom. The van der Waals surface area contributed by atoms with Gasteiger partial charge in [-0.15, -0.1) is 0 Å². The van der Waals surface area contributed by atoms with E-state index in [0.717, 1.165) is 11.7 Å². The molecule has 3 heteroatoms. The van der Waals surface area contributed by atoms with Gasteiger partial charge in [0.15, 0.2) is 0 Å². The van der Waals surface area contributed by atoms with Gasteiger partial charge in [0.1, 0.15) is 0 Å². The molecule has 18 heavy (non-hydrogen) atoms. The van der Waals surface area contributed by atoms with Crippen LogP contribution < -0.4 is 11.1 Å². The molecule has 2 atom stereocenters. The largest absolute Gasteiger partial charge is 0.399 e. The van der Waals surface area contributed by atoms with Crippen LogP contribution >= 0.6 is 0 Å². The molecule has 0 spiro atoms. The van der Waals surface area contributed by atoms with Crippen LogP contribution in [0.5, 0.6) is 0 Å². The molecular formula is C15H23N3. The van der Waals surface area contributed by atoms with Crippen molar-refractivity contribution in [3.8, 4) is 0 Å². The van der Waals surface area contributed by atoms with Gasteiger partial charge in [-0.3, -0.25) is 4.90 Å². The van der Waals surface area contributed by atoms with Crippen LogP contribution in [-0.2, 0) is 0 Å². The summed E-state index contributed by atoms with van der Waals surface area (Å²) in [7, 11) is 0. The zero-order valence-electron chi connectivity index (χ0n) is 11.2. The van der Waals surface area contributed by atoms with E-state index < -0.39 is 0 Å². The maximum Gasteiger partial charge on any atom is 0.0429 e. The Kier molecular flexibility index (Phi) is 3.16. The minimum Gasteiger partial charge on any atom is -0.399 e. The Morgan fingerprint density at radius 3 is 2.94 bits per heavy atom. The normalized spacial score (nSPS) is 28.1. The van der Waals surface area contributed by atoms with Gasteiger partial charge < -0.3 is 11.1 Å². The van der Waals surface area contributed by atoms with Crippen LogP contribution in [0.25, 0.3) is 0 Å². The monoisotopic (exact) mass is 245 g/mol. The van der Waals surface area contributed by atoms with Crippen molar-refractivity contribution in [2.45, 2.75) is 44.7 Å². The molecule has 2 unspecified atom stereocenters. The van der Waals surface area contributed by atoms with Gasteiger partial charge in [0, 0.05) is 30.0 Å². The second-order valence-electron chi connectivity index (χ2n) is 5.71. The number of nitrogens with one attached hydrogen (secondary N) is 1. The van der Waals surface area contributed by atoms with Crippen molar-refractivity contribution in [2.24, 2.45) is 0 Å². The van der Waals surface area contributed by atoms with Crippen molar-refractivity contribution >= 4 is 11.4 Å². The zero-order chi connectivity index (χ0) is 12.5. The number of nitrogens with zero attached hydrogens (tertiary/aromatic N) is 1. The van der Waals surface area contributed by atoms with Gasteiger partial charge in [0.05, 0.1) is 0 Å². The standard InChI is InChI=1S/C15H23N3/c1-11-10-12(16)5-6-13(11)17-14-7-9-18-8-3-2-4-15(14)18/h5-6,10,14-15,17H,2-4,7-9,16H2,1H3. The lowest BCUT2D eigenvalue weighted by atomic mass is 9.98. The van der Waals surface area contributed by atoms with Gasteiger partial charge >= 0.3 is 0 Å². The number of aryl methyl sites for hydroxylation is 1. The fourth-order valence-corrected chi connectivity index (χ4v) is 3.46. The van der Waals surface area contributed by atoms with E-state index in [1.54, 1.807) is 0 Å². The first-order chi connectivity index (χ1) is 8.74. The van der Waals surface area contributed by atoms with E-state index in [1.165, 1.54) is 50.0 Å². The summed E-state index contributed by atoms with van der Waals surface area (Å²) < 4.78 is 0. The van der Waals surface area contributed by atoms with E-state index in [1.807, 2.05) is 6.07 Å². The Labute approximate surface area is 109 Å². The second kappa shape index (κ2) is 4.81. The molecule has 0 amide bonds. The number of nitrogens with two attached hydrogens (primary N) is 1. The lowest BCUT2D eigenvalue weighted by Gasteiger charge is -2.33. The SMILES string of the molecule is Cc1cc(N)ccc1NC1CCN2CCCCC12. The summed E-state index contributed by atoms with van der Waals surface area (Å²) in [6, 6.07) is 7.53. The highest BCUT2D eigenvalue weighted by molar-refractivity contribution is 5.58. The van der Waals surface area contributed by atoms with Gasteiger partial charge in [-0.2, -0.15) is 0 Å². The number of hydrogen-bond acceptors (Lipinski definition) is 3. The lowest BCUT2D eigenvalue weighted by molar-refractivity contribution is 0.193. The van der Waals surface area contributed by atoms with E-state index in [9.17, 15) is 0 Å². The molecule has 2 saturated heterocycles. The fraction of sp³-hybridized carbons (Fsp3) is 0.600. The third-order valence-corrected chi connectivity index (χ3v) is 4.45. The Hall–Kier alpha value is -1.22. The van der Waals surface area contributed by atoms with Crippen molar-refractivity contribution in [3.05, 3.63) is 23.8 Å². The minimum atomic E-state index is 0.618. The lowest BCUT2D eigenvalue weighted by Crippen LogP contribution is -2.41. The molecule has 0 radical (unpaired) electrons. The van der Waals surface area contributed by atoms with Crippen molar-refractivity contribution in [1.82, 2.24) is 4.90 Å². The molecule has 0 bridgehead atoms. The van der Waals surface area contributed by atoms with Crippen LogP contribution in [0.15, 0.2) is 18.2 Å². The number of piperidine rings is 1. The molecule has 0 saturated carbocycles. The number of rotatable bonds is 2. The Balaban J connectivity index is 1.72. The van der Waals surface area contributed by atoms with Gasteiger partial charge in [-0.25, -0.2) is 0 Å². The molecule has 2 aliphatic heterocycles. The third-order valence-electron chi connectivity index (χ3n) is 4.45.